The molecule has 2 aliphatic heterocycles. The Labute approximate surface area is 100 Å². The van der Waals surface area contributed by atoms with E-state index in [1.807, 2.05) is 0 Å². The first-order valence-corrected chi connectivity index (χ1v) is 6.14. The number of rotatable bonds is 2. The summed E-state index contributed by atoms with van der Waals surface area (Å²) in [6, 6.07) is 0.600. The number of morpholine rings is 1. The number of hydrogen-bond donors (Lipinski definition) is 1. The fourth-order valence-electron chi connectivity index (χ4n) is 2.59. The normalized spacial score (nSPS) is 29.2. The average molecular weight is 235 g/mol. The molecule has 2 atom stereocenters. The van der Waals surface area contributed by atoms with Gasteiger partial charge in [0.15, 0.2) is 5.82 Å². The Kier molecular flexibility index (Phi) is 3.05. The van der Waals surface area contributed by atoms with Crippen LogP contribution in [0.2, 0.25) is 0 Å². The number of aromatic nitrogens is 2. The van der Waals surface area contributed by atoms with E-state index < -0.39 is 0 Å². The van der Waals surface area contributed by atoms with Crippen molar-refractivity contribution in [2.75, 3.05) is 19.7 Å². The molecule has 0 aliphatic carbocycles. The van der Waals surface area contributed by atoms with Gasteiger partial charge in [0.25, 0.3) is 0 Å². The van der Waals surface area contributed by atoms with Gasteiger partial charge >= 0.3 is 0 Å². The first-order valence-electron chi connectivity index (χ1n) is 6.14. The van der Waals surface area contributed by atoms with E-state index in [1.54, 1.807) is 12.4 Å². The summed E-state index contributed by atoms with van der Waals surface area (Å²) < 4.78 is 5.82. The van der Waals surface area contributed by atoms with Crippen molar-refractivity contribution >= 4 is 0 Å². The summed E-state index contributed by atoms with van der Waals surface area (Å²) in [5.41, 5.74) is 0.739. The van der Waals surface area contributed by atoms with E-state index in [0.717, 1.165) is 24.5 Å². The molecule has 0 radical (unpaired) electrons. The summed E-state index contributed by atoms with van der Waals surface area (Å²) in [6.07, 6.45) is 5.84. The molecule has 1 N–H and O–H groups in total. The largest absolute Gasteiger partial charge is 0.392 e. The summed E-state index contributed by atoms with van der Waals surface area (Å²) in [5, 5.41) is 8.94. The molecule has 0 bridgehead atoms. The maximum atomic E-state index is 8.94. The van der Waals surface area contributed by atoms with E-state index in [0.29, 0.717) is 6.04 Å². The highest BCUT2D eigenvalue weighted by atomic mass is 16.5. The van der Waals surface area contributed by atoms with Gasteiger partial charge in [0.2, 0.25) is 0 Å². The van der Waals surface area contributed by atoms with Gasteiger partial charge in [-0.3, -0.25) is 4.90 Å². The zero-order valence-electron chi connectivity index (χ0n) is 9.75. The summed E-state index contributed by atoms with van der Waals surface area (Å²) in [6.45, 7) is 2.83. The quantitative estimate of drug-likeness (QED) is 0.809. The van der Waals surface area contributed by atoms with Crippen LogP contribution in [0.4, 0.5) is 0 Å². The van der Waals surface area contributed by atoms with Gasteiger partial charge in [-0.2, -0.15) is 0 Å². The Morgan fingerprint density at radius 3 is 3.00 bits per heavy atom. The van der Waals surface area contributed by atoms with E-state index in [-0.39, 0.29) is 12.7 Å². The van der Waals surface area contributed by atoms with Crippen LogP contribution >= 0.6 is 0 Å². The highest BCUT2D eigenvalue weighted by molar-refractivity contribution is 5.06. The van der Waals surface area contributed by atoms with Gasteiger partial charge in [-0.25, -0.2) is 9.97 Å². The van der Waals surface area contributed by atoms with Gasteiger partial charge < -0.3 is 9.84 Å². The Bertz CT molecular complexity index is 382. The van der Waals surface area contributed by atoms with E-state index in [9.17, 15) is 0 Å². The van der Waals surface area contributed by atoms with Crippen molar-refractivity contribution in [2.45, 2.75) is 31.6 Å². The average Bonchev–Trinajstić information content (AvgIpc) is 2.86. The molecule has 0 saturated carbocycles. The summed E-state index contributed by atoms with van der Waals surface area (Å²) in [4.78, 5) is 11.0. The molecule has 5 heteroatoms. The first-order chi connectivity index (χ1) is 8.36. The van der Waals surface area contributed by atoms with Gasteiger partial charge in [0.05, 0.1) is 13.2 Å². The van der Waals surface area contributed by atoms with Crippen LogP contribution in [-0.2, 0) is 11.3 Å². The minimum absolute atomic E-state index is 0.0139. The number of hydrogen-bond acceptors (Lipinski definition) is 5. The van der Waals surface area contributed by atoms with E-state index >= 15 is 0 Å². The van der Waals surface area contributed by atoms with Crippen molar-refractivity contribution in [2.24, 2.45) is 0 Å². The third kappa shape index (κ3) is 2.18. The van der Waals surface area contributed by atoms with Gasteiger partial charge in [-0.1, -0.05) is 0 Å². The summed E-state index contributed by atoms with van der Waals surface area (Å²) in [5.74, 6) is 0.729. The van der Waals surface area contributed by atoms with Crippen LogP contribution in [0.15, 0.2) is 12.4 Å². The van der Waals surface area contributed by atoms with Gasteiger partial charge in [0.1, 0.15) is 6.10 Å². The third-order valence-corrected chi connectivity index (χ3v) is 3.59. The molecule has 2 unspecified atom stereocenters. The number of aliphatic hydroxyl groups excluding tert-OH is 1. The smallest absolute Gasteiger partial charge is 0.158 e. The molecule has 0 spiro atoms. The fourth-order valence-corrected chi connectivity index (χ4v) is 2.59. The molecule has 17 heavy (non-hydrogen) atoms. The number of fused-ring (bicyclic) bond motifs is 1. The van der Waals surface area contributed by atoms with Crippen LogP contribution in [0.3, 0.4) is 0 Å². The second-order valence-corrected chi connectivity index (χ2v) is 4.72. The number of aliphatic hydroxyl groups is 1. The molecule has 1 aromatic heterocycles. The van der Waals surface area contributed by atoms with E-state index in [2.05, 4.69) is 14.9 Å². The molecule has 2 aliphatic rings. The van der Waals surface area contributed by atoms with Crippen LogP contribution in [0.25, 0.3) is 0 Å². The van der Waals surface area contributed by atoms with Crippen LogP contribution in [-0.4, -0.2) is 45.7 Å². The SMILES string of the molecule is OCc1cnc(C2CN3CCCC3CO2)nc1. The van der Waals surface area contributed by atoms with Crippen LogP contribution in [0.5, 0.6) is 0 Å². The second kappa shape index (κ2) is 4.68. The standard InChI is InChI=1S/C12H17N3O2/c16-7-9-4-13-12(14-5-9)11-6-15-3-1-2-10(15)8-17-11/h4-5,10-11,16H,1-3,6-8H2. The molecule has 5 nitrogen and oxygen atoms in total. The fraction of sp³-hybridized carbons (Fsp3) is 0.667. The summed E-state index contributed by atoms with van der Waals surface area (Å²) >= 11 is 0. The van der Waals surface area contributed by atoms with Crippen molar-refractivity contribution in [1.82, 2.24) is 14.9 Å². The maximum Gasteiger partial charge on any atom is 0.158 e. The Hall–Kier alpha value is -1.04. The van der Waals surface area contributed by atoms with E-state index in [4.69, 9.17) is 9.84 Å². The molecular formula is C12H17N3O2. The van der Waals surface area contributed by atoms with Crippen molar-refractivity contribution in [3.8, 4) is 0 Å². The highest BCUT2D eigenvalue weighted by Gasteiger charge is 2.33. The second-order valence-electron chi connectivity index (χ2n) is 4.72. The van der Waals surface area contributed by atoms with Crippen molar-refractivity contribution in [1.29, 1.82) is 0 Å². The molecule has 2 fully saturated rings. The predicted octanol–water partition coefficient (Wildman–Crippen LogP) is 0.505. The van der Waals surface area contributed by atoms with Crippen molar-refractivity contribution in [3.63, 3.8) is 0 Å². The van der Waals surface area contributed by atoms with Gasteiger partial charge in [-0.05, 0) is 19.4 Å². The lowest BCUT2D eigenvalue weighted by Gasteiger charge is -2.34. The molecule has 92 valence electrons. The molecule has 1 aromatic rings. The van der Waals surface area contributed by atoms with Crippen molar-refractivity contribution in [3.05, 3.63) is 23.8 Å². The van der Waals surface area contributed by atoms with Gasteiger partial charge in [0, 0.05) is 30.5 Å². The first kappa shape index (κ1) is 11.1. The third-order valence-electron chi connectivity index (χ3n) is 3.59. The topological polar surface area (TPSA) is 58.5 Å². The van der Waals surface area contributed by atoms with E-state index in [1.165, 1.54) is 19.4 Å². The molecule has 0 aromatic carbocycles. The van der Waals surface area contributed by atoms with Crippen LogP contribution in [0, 0.1) is 0 Å². The lowest BCUT2D eigenvalue weighted by atomic mass is 10.2. The predicted molar refractivity (Wildman–Crippen MR) is 61.2 cm³/mol. The number of ether oxygens (including phenoxy) is 1. The lowest BCUT2D eigenvalue weighted by molar-refractivity contribution is -0.0541. The zero-order valence-corrected chi connectivity index (χ0v) is 9.75. The lowest BCUT2D eigenvalue weighted by Crippen LogP contribution is -2.42. The summed E-state index contributed by atoms with van der Waals surface area (Å²) in [7, 11) is 0. The monoisotopic (exact) mass is 235 g/mol. The Morgan fingerprint density at radius 1 is 1.41 bits per heavy atom. The zero-order chi connectivity index (χ0) is 11.7. The highest BCUT2D eigenvalue weighted by Crippen LogP contribution is 2.28. The Balaban J connectivity index is 1.71. The Morgan fingerprint density at radius 2 is 2.24 bits per heavy atom. The van der Waals surface area contributed by atoms with Crippen LogP contribution < -0.4 is 0 Å². The maximum absolute atomic E-state index is 8.94. The molecule has 3 rings (SSSR count). The minimum Gasteiger partial charge on any atom is -0.392 e. The van der Waals surface area contributed by atoms with Crippen molar-refractivity contribution < 1.29 is 9.84 Å². The molecular weight excluding hydrogens is 218 g/mol. The molecule has 3 heterocycles. The number of nitrogens with zero attached hydrogens (tertiary/aromatic N) is 3. The van der Waals surface area contributed by atoms with Gasteiger partial charge in [-0.15, -0.1) is 0 Å². The minimum atomic E-state index is -0.0166. The molecule has 0 amide bonds. The molecule has 2 saturated heterocycles. The van der Waals surface area contributed by atoms with Crippen LogP contribution in [0.1, 0.15) is 30.3 Å².